The van der Waals surface area contributed by atoms with Gasteiger partial charge in [-0.2, -0.15) is 18.3 Å². The van der Waals surface area contributed by atoms with Gasteiger partial charge in [-0.1, -0.05) is 22.0 Å². The highest BCUT2D eigenvalue weighted by Gasteiger charge is 2.36. The Bertz CT molecular complexity index is 1120. The maximum Gasteiger partial charge on any atom is 0.433 e. The molecule has 0 aliphatic heterocycles. The fraction of sp³-hybridized carbons (Fsp3) is 0.190. The highest BCUT2D eigenvalue weighted by Crippen LogP contribution is 2.33. The molecule has 6 nitrogen and oxygen atoms in total. The number of aliphatic hydroxyl groups is 1. The van der Waals surface area contributed by atoms with Crippen LogP contribution >= 0.6 is 15.9 Å². The number of rotatable bonds is 5. The van der Waals surface area contributed by atoms with Crippen LogP contribution in [0.1, 0.15) is 18.5 Å². The number of anilines is 1. The van der Waals surface area contributed by atoms with Crippen molar-refractivity contribution in [2.24, 2.45) is 0 Å². The summed E-state index contributed by atoms with van der Waals surface area (Å²) < 4.78 is 42.5. The SMILES string of the molecule is OC(Nc1ccc(-n2nc(-c3cccnc3)cc2C(F)(F)F)nc1)C1=CCCC(Br)=C1. The van der Waals surface area contributed by atoms with Crippen molar-refractivity contribution in [3.63, 3.8) is 0 Å². The normalized spacial score (nSPS) is 15.3. The molecule has 4 rings (SSSR count). The summed E-state index contributed by atoms with van der Waals surface area (Å²) in [6, 6.07) is 7.18. The van der Waals surface area contributed by atoms with E-state index in [4.69, 9.17) is 0 Å². The molecule has 1 aliphatic carbocycles. The summed E-state index contributed by atoms with van der Waals surface area (Å²) >= 11 is 3.42. The molecule has 0 fully saturated rings. The van der Waals surface area contributed by atoms with Gasteiger partial charge in [-0.15, -0.1) is 0 Å². The summed E-state index contributed by atoms with van der Waals surface area (Å²) in [4.78, 5) is 8.04. The number of aromatic nitrogens is 4. The van der Waals surface area contributed by atoms with Gasteiger partial charge in [0.1, 0.15) is 0 Å². The first kappa shape index (κ1) is 21.3. The first-order valence-corrected chi connectivity index (χ1v) is 10.2. The largest absolute Gasteiger partial charge is 0.433 e. The summed E-state index contributed by atoms with van der Waals surface area (Å²) in [6.07, 6.45) is 4.19. The Morgan fingerprint density at radius 2 is 2.03 bits per heavy atom. The third-order valence-electron chi connectivity index (χ3n) is 4.63. The van der Waals surface area contributed by atoms with Crippen molar-refractivity contribution in [1.82, 2.24) is 19.7 Å². The predicted octanol–water partition coefficient (Wildman–Crippen LogP) is 5.08. The Hall–Kier alpha value is -2.98. The number of alkyl halides is 3. The lowest BCUT2D eigenvalue weighted by atomic mass is 10.1. The van der Waals surface area contributed by atoms with E-state index in [1.165, 1.54) is 24.7 Å². The van der Waals surface area contributed by atoms with Gasteiger partial charge in [-0.3, -0.25) is 4.98 Å². The van der Waals surface area contributed by atoms with Crippen LogP contribution in [-0.4, -0.2) is 31.1 Å². The lowest BCUT2D eigenvalue weighted by Gasteiger charge is -2.18. The van der Waals surface area contributed by atoms with E-state index in [1.807, 2.05) is 12.2 Å². The average molecular weight is 492 g/mol. The van der Waals surface area contributed by atoms with Crippen LogP contribution in [0.2, 0.25) is 0 Å². The summed E-state index contributed by atoms with van der Waals surface area (Å²) in [5.41, 5.74) is 0.826. The topological polar surface area (TPSA) is 75.9 Å². The predicted molar refractivity (Wildman–Crippen MR) is 114 cm³/mol. The van der Waals surface area contributed by atoms with E-state index in [9.17, 15) is 18.3 Å². The molecule has 0 radical (unpaired) electrons. The molecule has 3 heterocycles. The Morgan fingerprint density at radius 1 is 1.19 bits per heavy atom. The molecule has 1 aliphatic rings. The molecule has 0 amide bonds. The van der Waals surface area contributed by atoms with E-state index in [1.54, 1.807) is 18.2 Å². The van der Waals surface area contributed by atoms with Gasteiger partial charge in [0.15, 0.2) is 17.7 Å². The molecule has 0 aromatic carbocycles. The van der Waals surface area contributed by atoms with Crippen LogP contribution in [0.4, 0.5) is 18.9 Å². The molecule has 0 spiro atoms. The fourth-order valence-corrected chi connectivity index (χ4v) is 3.62. The van der Waals surface area contributed by atoms with Crippen LogP contribution in [0.5, 0.6) is 0 Å². The minimum Gasteiger partial charge on any atom is -0.369 e. The van der Waals surface area contributed by atoms with Crippen molar-refractivity contribution >= 4 is 21.6 Å². The second-order valence-corrected chi connectivity index (χ2v) is 7.87. The average Bonchev–Trinajstić information content (AvgIpc) is 3.21. The molecule has 160 valence electrons. The van der Waals surface area contributed by atoms with Gasteiger partial charge in [-0.25, -0.2) is 9.67 Å². The van der Waals surface area contributed by atoms with Crippen molar-refractivity contribution in [3.8, 4) is 17.1 Å². The van der Waals surface area contributed by atoms with E-state index in [2.05, 4.69) is 36.3 Å². The monoisotopic (exact) mass is 491 g/mol. The molecule has 3 aromatic heterocycles. The summed E-state index contributed by atoms with van der Waals surface area (Å²) in [6.45, 7) is 0. The quantitative estimate of drug-likeness (QED) is 0.487. The number of nitrogens with zero attached hydrogens (tertiary/aromatic N) is 4. The van der Waals surface area contributed by atoms with Crippen molar-refractivity contribution in [2.45, 2.75) is 25.2 Å². The molecule has 0 saturated heterocycles. The number of halogens is 4. The zero-order chi connectivity index (χ0) is 22.0. The molecule has 2 N–H and O–H groups in total. The van der Waals surface area contributed by atoms with Crippen molar-refractivity contribution < 1.29 is 18.3 Å². The van der Waals surface area contributed by atoms with Crippen molar-refractivity contribution in [1.29, 1.82) is 0 Å². The van der Waals surface area contributed by atoms with Crippen LogP contribution in [0, 0.1) is 0 Å². The maximum atomic E-state index is 13.6. The second kappa shape index (κ2) is 8.64. The lowest BCUT2D eigenvalue weighted by molar-refractivity contribution is -0.142. The number of hydrogen-bond acceptors (Lipinski definition) is 5. The number of aliphatic hydroxyl groups excluding tert-OH is 1. The number of pyridine rings is 2. The van der Waals surface area contributed by atoms with Crippen LogP contribution in [-0.2, 0) is 6.18 Å². The highest BCUT2D eigenvalue weighted by molar-refractivity contribution is 9.11. The summed E-state index contributed by atoms with van der Waals surface area (Å²) in [5.74, 6) is 0.00188. The molecule has 1 unspecified atom stereocenters. The van der Waals surface area contributed by atoms with Gasteiger partial charge in [0.05, 0.1) is 17.6 Å². The summed E-state index contributed by atoms with van der Waals surface area (Å²) in [7, 11) is 0. The van der Waals surface area contributed by atoms with Gasteiger partial charge in [-0.05, 0) is 59.3 Å². The summed E-state index contributed by atoms with van der Waals surface area (Å²) in [5, 5.41) is 17.3. The second-order valence-electron chi connectivity index (χ2n) is 6.85. The Balaban J connectivity index is 1.60. The molecule has 0 bridgehead atoms. The number of nitrogens with one attached hydrogen (secondary N) is 1. The zero-order valence-electron chi connectivity index (χ0n) is 16.0. The minimum absolute atomic E-state index is 0.00188. The smallest absolute Gasteiger partial charge is 0.369 e. The lowest BCUT2D eigenvalue weighted by Crippen LogP contribution is -2.21. The van der Waals surface area contributed by atoms with E-state index in [-0.39, 0.29) is 11.5 Å². The Morgan fingerprint density at radius 3 is 2.68 bits per heavy atom. The van der Waals surface area contributed by atoms with Gasteiger partial charge >= 0.3 is 6.18 Å². The molecule has 10 heteroatoms. The number of allylic oxidation sites excluding steroid dienone is 2. The molecule has 1 atom stereocenters. The van der Waals surface area contributed by atoms with Crippen LogP contribution < -0.4 is 5.32 Å². The first-order valence-electron chi connectivity index (χ1n) is 9.36. The van der Waals surface area contributed by atoms with Gasteiger partial charge in [0.25, 0.3) is 0 Å². The van der Waals surface area contributed by atoms with Crippen LogP contribution in [0.25, 0.3) is 17.1 Å². The van der Waals surface area contributed by atoms with Gasteiger partial charge in [0.2, 0.25) is 0 Å². The molecule has 0 saturated carbocycles. The zero-order valence-corrected chi connectivity index (χ0v) is 17.6. The molecular formula is C21H17BrF3N5O. The van der Waals surface area contributed by atoms with E-state index < -0.39 is 18.1 Å². The Labute approximate surface area is 184 Å². The van der Waals surface area contributed by atoms with Crippen molar-refractivity contribution in [3.05, 3.63) is 76.8 Å². The fourth-order valence-electron chi connectivity index (χ4n) is 3.13. The standard InChI is InChI=1S/C21H17BrF3N5O/c22-15-5-1-3-13(9-15)20(31)28-16-6-7-19(27-12-16)30-18(21(23,24)25)10-17(29-30)14-4-2-8-26-11-14/h2-4,6-12,20,28,31H,1,5H2. The van der Waals surface area contributed by atoms with Crippen molar-refractivity contribution in [2.75, 3.05) is 5.32 Å². The maximum absolute atomic E-state index is 13.6. The number of hydrogen-bond donors (Lipinski definition) is 2. The highest BCUT2D eigenvalue weighted by atomic mass is 79.9. The minimum atomic E-state index is -4.62. The van der Waals surface area contributed by atoms with E-state index in [0.717, 1.165) is 28.1 Å². The molecule has 3 aromatic rings. The molecular weight excluding hydrogens is 475 g/mol. The van der Waals surface area contributed by atoms with E-state index in [0.29, 0.717) is 16.8 Å². The van der Waals surface area contributed by atoms with Crippen LogP contribution in [0.3, 0.4) is 0 Å². The first-order chi connectivity index (χ1) is 14.8. The van der Waals surface area contributed by atoms with Gasteiger partial charge in [0, 0.05) is 18.0 Å². The molecule has 31 heavy (non-hydrogen) atoms. The van der Waals surface area contributed by atoms with Crippen LogP contribution in [0.15, 0.2) is 71.1 Å². The van der Waals surface area contributed by atoms with E-state index >= 15 is 0 Å². The Kier molecular flexibility index (Phi) is 5.92. The third kappa shape index (κ3) is 4.86. The van der Waals surface area contributed by atoms with Gasteiger partial charge < -0.3 is 10.4 Å². The third-order valence-corrected chi connectivity index (χ3v) is 5.25.